The number of rotatable bonds is 3. The van der Waals surface area contributed by atoms with Crippen LogP contribution >= 0.6 is 27.3 Å². The van der Waals surface area contributed by atoms with Crippen LogP contribution < -0.4 is 0 Å². The largest absolute Gasteiger partial charge is 0.144 e. The second kappa shape index (κ2) is 6.66. The molecule has 1 aliphatic carbocycles. The van der Waals surface area contributed by atoms with Crippen molar-refractivity contribution in [2.24, 2.45) is 0 Å². The lowest BCUT2D eigenvalue weighted by Gasteiger charge is -2.22. The SMILES string of the molecule is Cc1cc(C(Br)c2ccc(C3CCCCC3)cc2)sc1C. The quantitative estimate of drug-likeness (QED) is 0.521. The summed E-state index contributed by atoms with van der Waals surface area (Å²) >= 11 is 5.78. The molecule has 0 bridgehead atoms. The molecular formula is C19H23BrS. The second-order valence-corrected chi connectivity index (χ2v) is 8.46. The Bertz CT molecular complexity index is 571. The lowest BCUT2D eigenvalue weighted by atomic mass is 9.84. The van der Waals surface area contributed by atoms with Crippen LogP contribution in [0.25, 0.3) is 0 Å². The molecule has 0 N–H and O–H groups in total. The average molecular weight is 363 g/mol. The maximum atomic E-state index is 3.87. The standard InChI is InChI=1S/C19H23BrS/c1-13-12-18(21-14(13)2)19(20)17-10-8-16(9-11-17)15-6-4-3-5-7-15/h8-12,15,19H,3-7H2,1-2H3. The Hall–Kier alpha value is -0.600. The van der Waals surface area contributed by atoms with Crippen molar-refractivity contribution in [1.82, 2.24) is 0 Å². The van der Waals surface area contributed by atoms with E-state index in [2.05, 4.69) is 60.1 Å². The van der Waals surface area contributed by atoms with E-state index < -0.39 is 0 Å². The van der Waals surface area contributed by atoms with Crippen LogP contribution in [0, 0.1) is 13.8 Å². The molecule has 0 saturated heterocycles. The minimum Gasteiger partial charge on any atom is -0.144 e. The Morgan fingerprint density at radius 3 is 2.29 bits per heavy atom. The molecular weight excluding hydrogens is 340 g/mol. The van der Waals surface area contributed by atoms with Crippen molar-refractivity contribution in [2.45, 2.75) is 56.7 Å². The summed E-state index contributed by atoms with van der Waals surface area (Å²) < 4.78 is 0. The van der Waals surface area contributed by atoms with Crippen molar-refractivity contribution in [1.29, 1.82) is 0 Å². The lowest BCUT2D eigenvalue weighted by molar-refractivity contribution is 0.443. The number of hydrogen-bond acceptors (Lipinski definition) is 1. The van der Waals surface area contributed by atoms with Crippen molar-refractivity contribution in [2.75, 3.05) is 0 Å². The van der Waals surface area contributed by atoms with Crippen LogP contribution in [0.4, 0.5) is 0 Å². The van der Waals surface area contributed by atoms with Gasteiger partial charge in [0.2, 0.25) is 0 Å². The first-order valence-corrected chi connectivity index (χ1v) is 9.69. The monoisotopic (exact) mass is 362 g/mol. The summed E-state index contributed by atoms with van der Waals surface area (Å²) in [5, 5.41) is 0. The molecule has 0 radical (unpaired) electrons. The smallest absolute Gasteiger partial charge is 0.0738 e. The van der Waals surface area contributed by atoms with E-state index in [9.17, 15) is 0 Å². The Morgan fingerprint density at radius 2 is 1.71 bits per heavy atom. The molecule has 1 aromatic carbocycles. The van der Waals surface area contributed by atoms with Crippen molar-refractivity contribution in [3.8, 4) is 0 Å². The molecule has 0 spiro atoms. The molecule has 1 saturated carbocycles. The van der Waals surface area contributed by atoms with Gasteiger partial charge in [0.15, 0.2) is 0 Å². The molecule has 1 atom stereocenters. The summed E-state index contributed by atoms with van der Waals surface area (Å²) in [6.07, 6.45) is 6.98. The fraction of sp³-hybridized carbons (Fsp3) is 0.474. The normalized spacial score (nSPS) is 17.9. The van der Waals surface area contributed by atoms with Gasteiger partial charge in [0.25, 0.3) is 0 Å². The molecule has 112 valence electrons. The van der Waals surface area contributed by atoms with E-state index in [0.717, 1.165) is 5.92 Å². The summed E-state index contributed by atoms with van der Waals surface area (Å²) in [6, 6.07) is 11.6. The van der Waals surface area contributed by atoms with Crippen molar-refractivity contribution < 1.29 is 0 Å². The van der Waals surface area contributed by atoms with Gasteiger partial charge in [-0.3, -0.25) is 0 Å². The van der Waals surface area contributed by atoms with Crippen LogP contribution in [0.15, 0.2) is 30.3 Å². The maximum absolute atomic E-state index is 3.87. The first-order chi connectivity index (χ1) is 10.1. The topological polar surface area (TPSA) is 0 Å². The lowest BCUT2D eigenvalue weighted by Crippen LogP contribution is -2.04. The van der Waals surface area contributed by atoms with E-state index in [4.69, 9.17) is 0 Å². The van der Waals surface area contributed by atoms with Gasteiger partial charge in [-0.15, -0.1) is 11.3 Å². The third-order valence-corrected chi connectivity index (χ3v) is 7.28. The first kappa shape index (κ1) is 15.3. The van der Waals surface area contributed by atoms with Gasteiger partial charge < -0.3 is 0 Å². The first-order valence-electron chi connectivity index (χ1n) is 7.96. The summed E-state index contributed by atoms with van der Waals surface area (Å²) in [5.41, 5.74) is 4.31. The molecule has 0 aliphatic heterocycles. The zero-order valence-corrected chi connectivity index (χ0v) is 15.3. The van der Waals surface area contributed by atoms with E-state index in [0.29, 0.717) is 4.83 Å². The Kier molecular flexibility index (Phi) is 4.85. The summed E-state index contributed by atoms with van der Waals surface area (Å²) in [4.78, 5) is 3.17. The third kappa shape index (κ3) is 3.43. The van der Waals surface area contributed by atoms with Crippen LogP contribution in [0.3, 0.4) is 0 Å². The summed E-state index contributed by atoms with van der Waals surface area (Å²) in [7, 11) is 0. The van der Waals surface area contributed by atoms with Gasteiger partial charge in [-0.25, -0.2) is 0 Å². The van der Waals surface area contributed by atoms with E-state index in [1.165, 1.54) is 58.5 Å². The molecule has 1 heterocycles. The van der Waals surface area contributed by atoms with Crippen molar-refractivity contribution >= 4 is 27.3 Å². The molecule has 1 aromatic heterocycles. The minimum absolute atomic E-state index is 0.329. The van der Waals surface area contributed by atoms with Crippen LogP contribution in [-0.2, 0) is 0 Å². The predicted octanol–water partition coefficient (Wildman–Crippen LogP) is 6.90. The van der Waals surface area contributed by atoms with Gasteiger partial charge in [0, 0.05) is 9.75 Å². The summed E-state index contributed by atoms with van der Waals surface area (Å²) in [5.74, 6) is 0.799. The minimum atomic E-state index is 0.329. The van der Waals surface area contributed by atoms with Gasteiger partial charge in [-0.2, -0.15) is 0 Å². The zero-order valence-electron chi connectivity index (χ0n) is 12.9. The highest BCUT2D eigenvalue weighted by Gasteiger charge is 2.17. The number of hydrogen-bond donors (Lipinski definition) is 0. The molecule has 2 heteroatoms. The number of benzene rings is 1. The van der Waals surface area contributed by atoms with Gasteiger partial charge in [-0.05, 0) is 55.4 Å². The molecule has 1 unspecified atom stereocenters. The highest BCUT2D eigenvalue weighted by Crippen LogP contribution is 2.38. The molecule has 1 aliphatic rings. The molecule has 21 heavy (non-hydrogen) atoms. The van der Waals surface area contributed by atoms with Crippen molar-refractivity contribution in [3.05, 3.63) is 56.8 Å². The Balaban J connectivity index is 1.76. The van der Waals surface area contributed by atoms with Crippen LogP contribution in [0.1, 0.15) is 69.3 Å². The second-order valence-electron chi connectivity index (χ2n) is 6.25. The van der Waals surface area contributed by atoms with Gasteiger partial charge in [0.05, 0.1) is 4.83 Å². The van der Waals surface area contributed by atoms with E-state index in [-0.39, 0.29) is 0 Å². The molecule has 3 rings (SSSR count). The Labute approximate surface area is 140 Å². The molecule has 2 aromatic rings. The predicted molar refractivity (Wildman–Crippen MR) is 96.8 cm³/mol. The zero-order chi connectivity index (χ0) is 14.8. The molecule has 1 fully saturated rings. The molecule has 0 amide bonds. The van der Waals surface area contributed by atoms with Crippen LogP contribution in [-0.4, -0.2) is 0 Å². The Morgan fingerprint density at radius 1 is 1.05 bits per heavy atom. The van der Waals surface area contributed by atoms with E-state index >= 15 is 0 Å². The van der Waals surface area contributed by atoms with Gasteiger partial charge in [-0.1, -0.05) is 59.5 Å². The van der Waals surface area contributed by atoms with E-state index in [1.807, 2.05) is 11.3 Å². The fourth-order valence-corrected chi connectivity index (χ4v) is 5.03. The van der Waals surface area contributed by atoms with E-state index in [1.54, 1.807) is 0 Å². The third-order valence-electron chi connectivity index (χ3n) is 4.74. The van der Waals surface area contributed by atoms with Gasteiger partial charge in [0.1, 0.15) is 0 Å². The highest BCUT2D eigenvalue weighted by atomic mass is 79.9. The van der Waals surface area contributed by atoms with Crippen LogP contribution in [0.2, 0.25) is 0 Å². The molecule has 0 nitrogen and oxygen atoms in total. The number of aryl methyl sites for hydroxylation is 2. The summed E-state index contributed by atoms with van der Waals surface area (Å²) in [6.45, 7) is 4.40. The number of halogens is 1. The number of thiophene rings is 1. The number of alkyl halides is 1. The van der Waals surface area contributed by atoms with Crippen LogP contribution in [0.5, 0.6) is 0 Å². The van der Waals surface area contributed by atoms with Crippen molar-refractivity contribution in [3.63, 3.8) is 0 Å². The average Bonchev–Trinajstić information content (AvgIpc) is 2.87. The maximum Gasteiger partial charge on any atom is 0.0738 e. The highest BCUT2D eigenvalue weighted by molar-refractivity contribution is 9.09. The van der Waals surface area contributed by atoms with Gasteiger partial charge >= 0.3 is 0 Å². The fourth-order valence-electron chi connectivity index (χ4n) is 3.26.